The molecule has 23 heavy (non-hydrogen) atoms. The van der Waals surface area contributed by atoms with Gasteiger partial charge in [-0.15, -0.1) is 0 Å². The smallest absolute Gasteiger partial charge is 0.271 e. The highest BCUT2D eigenvalue weighted by Gasteiger charge is 2.45. The molecule has 0 bridgehead atoms. The highest BCUT2D eigenvalue weighted by atomic mass is 16.2. The first-order valence-electron chi connectivity index (χ1n) is 8.48. The van der Waals surface area contributed by atoms with Crippen LogP contribution in [0.25, 0.3) is 0 Å². The van der Waals surface area contributed by atoms with Gasteiger partial charge in [0.25, 0.3) is 5.91 Å². The van der Waals surface area contributed by atoms with Gasteiger partial charge in [0.05, 0.1) is 6.42 Å². The van der Waals surface area contributed by atoms with E-state index >= 15 is 0 Å². The summed E-state index contributed by atoms with van der Waals surface area (Å²) in [4.78, 5) is 38.3. The van der Waals surface area contributed by atoms with E-state index in [4.69, 9.17) is 0 Å². The molecular weight excluding hydrogens is 294 g/mol. The molecule has 0 spiro atoms. The lowest BCUT2D eigenvalue weighted by Gasteiger charge is -2.28. The van der Waals surface area contributed by atoms with Gasteiger partial charge in [-0.3, -0.25) is 19.7 Å². The number of amides is 3. The van der Waals surface area contributed by atoms with Crippen LogP contribution in [0.1, 0.15) is 61.5 Å². The van der Waals surface area contributed by atoms with Crippen molar-refractivity contribution in [2.24, 2.45) is 0 Å². The number of rotatable bonds is 4. The number of hydrogen-bond donors (Lipinski definition) is 1. The Morgan fingerprint density at radius 1 is 1.17 bits per heavy atom. The molecule has 2 aliphatic carbocycles. The molecule has 0 aromatic carbocycles. The molecule has 0 radical (unpaired) electrons. The summed E-state index contributed by atoms with van der Waals surface area (Å²) in [6, 6.07) is 3.57. The third-order valence-corrected chi connectivity index (χ3v) is 5.17. The molecular formula is C17H21N3O3. The summed E-state index contributed by atoms with van der Waals surface area (Å²) in [6.07, 6.45) is 8.47. The van der Waals surface area contributed by atoms with Crippen LogP contribution in [0.15, 0.2) is 18.3 Å². The van der Waals surface area contributed by atoms with Gasteiger partial charge in [-0.25, -0.2) is 0 Å². The molecule has 3 fully saturated rings. The standard InChI is InChI=1S/C17H21N3O3/c21-15-10-14(16(22)18-15)20(12-7-8-12)17(23)13-6-3-9-19(13)11-4-1-2-5-11/h3,6,9,11-12,14H,1-2,4-5,7-8,10H2,(H,18,21,22)/t14-/m0/s1. The molecule has 0 unspecified atom stereocenters. The molecule has 1 aromatic heterocycles. The van der Waals surface area contributed by atoms with Crippen molar-refractivity contribution in [1.82, 2.24) is 14.8 Å². The quantitative estimate of drug-likeness (QED) is 0.858. The number of imide groups is 1. The van der Waals surface area contributed by atoms with Crippen molar-refractivity contribution >= 4 is 17.7 Å². The van der Waals surface area contributed by atoms with Crippen LogP contribution < -0.4 is 5.32 Å². The summed E-state index contributed by atoms with van der Waals surface area (Å²) in [5, 5.41) is 2.32. The second kappa shape index (κ2) is 5.51. The van der Waals surface area contributed by atoms with Crippen molar-refractivity contribution in [1.29, 1.82) is 0 Å². The lowest BCUT2D eigenvalue weighted by atomic mass is 10.1. The third kappa shape index (κ3) is 2.56. The fourth-order valence-corrected chi connectivity index (χ4v) is 3.89. The van der Waals surface area contributed by atoms with Crippen molar-refractivity contribution in [2.75, 3.05) is 0 Å². The molecule has 122 valence electrons. The molecule has 3 aliphatic rings. The molecule has 6 heteroatoms. The predicted octanol–water partition coefficient (Wildman–Crippen LogP) is 1.62. The lowest BCUT2D eigenvalue weighted by molar-refractivity contribution is -0.126. The Kier molecular flexibility index (Phi) is 3.47. The number of nitrogens with zero attached hydrogens (tertiary/aromatic N) is 2. The van der Waals surface area contributed by atoms with Crippen LogP contribution in [-0.4, -0.2) is 39.3 Å². The van der Waals surface area contributed by atoms with Gasteiger partial charge in [-0.1, -0.05) is 12.8 Å². The molecule has 2 saturated carbocycles. The van der Waals surface area contributed by atoms with Crippen LogP contribution in [0, 0.1) is 0 Å². The van der Waals surface area contributed by atoms with E-state index in [0.29, 0.717) is 11.7 Å². The monoisotopic (exact) mass is 315 g/mol. The maximum absolute atomic E-state index is 13.1. The van der Waals surface area contributed by atoms with E-state index < -0.39 is 6.04 Å². The van der Waals surface area contributed by atoms with Crippen LogP contribution in [0.3, 0.4) is 0 Å². The summed E-state index contributed by atoms with van der Waals surface area (Å²) < 4.78 is 2.07. The Morgan fingerprint density at radius 3 is 2.52 bits per heavy atom. The average molecular weight is 315 g/mol. The van der Waals surface area contributed by atoms with Gasteiger partial charge in [0.2, 0.25) is 11.8 Å². The van der Waals surface area contributed by atoms with Crippen LogP contribution in [0.2, 0.25) is 0 Å². The number of nitrogens with one attached hydrogen (secondary N) is 1. The summed E-state index contributed by atoms with van der Waals surface area (Å²) in [5.74, 6) is -0.738. The second-order valence-electron chi connectivity index (χ2n) is 6.81. The SMILES string of the molecule is O=C1C[C@H](N(C(=O)c2cccn2C2CCCC2)C2CC2)C(=O)N1. The molecule has 2 heterocycles. The molecule has 1 atom stereocenters. The molecule has 4 rings (SSSR count). The van der Waals surface area contributed by atoms with Crippen LogP contribution >= 0.6 is 0 Å². The zero-order valence-corrected chi connectivity index (χ0v) is 13.0. The maximum Gasteiger partial charge on any atom is 0.271 e. The predicted molar refractivity (Wildman–Crippen MR) is 82.7 cm³/mol. The van der Waals surface area contributed by atoms with Gasteiger partial charge in [0, 0.05) is 18.3 Å². The number of carbonyl (C=O) groups is 3. The van der Waals surface area contributed by atoms with E-state index in [1.807, 2.05) is 18.3 Å². The zero-order chi connectivity index (χ0) is 16.0. The molecule has 1 N–H and O–H groups in total. The first-order valence-corrected chi connectivity index (χ1v) is 8.48. The fraction of sp³-hybridized carbons (Fsp3) is 0.588. The first kappa shape index (κ1) is 14.5. The van der Waals surface area contributed by atoms with E-state index in [2.05, 4.69) is 9.88 Å². The van der Waals surface area contributed by atoms with Crippen molar-refractivity contribution in [3.8, 4) is 0 Å². The van der Waals surface area contributed by atoms with Crippen LogP contribution in [0.5, 0.6) is 0 Å². The molecule has 1 aliphatic heterocycles. The third-order valence-electron chi connectivity index (χ3n) is 5.17. The van der Waals surface area contributed by atoms with Gasteiger partial charge >= 0.3 is 0 Å². The van der Waals surface area contributed by atoms with E-state index in [-0.39, 0.29) is 30.2 Å². The number of carbonyl (C=O) groups excluding carboxylic acids is 3. The minimum Gasteiger partial charge on any atom is -0.340 e. The first-order chi connectivity index (χ1) is 11.1. The number of aromatic nitrogens is 1. The van der Waals surface area contributed by atoms with E-state index in [1.54, 1.807) is 4.90 Å². The van der Waals surface area contributed by atoms with Gasteiger partial charge in [0.15, 0.2) is 0 Å². The average Bonchev–Trinajstić information content (AvgIpc) is 2.94. The second-order valence-corrected chi connectivity index (χ2v) is 6.81. The van der Waals surface area contributed by atoms with Crippen LogP contribution in [-0.2, 0) is 9.59 Å². The molecule has 3 amide bonds. The normalized spacial score (nSPS) is 25.0. The minimum atomic E-state index is -0.644. The van der Waals surface area contributed by atoms with Gasteiger partial charge in [-0.2, -0.15) is 0 Å². The summed E-state index contributed by atoms with van der Waals surface area (Å²) in [5.41, 5.74) is 0.649. The van der Waals surface area contributed by atoms with Crippen molar-refractivity contribution in [2.45, 2.75) is 63.1 Å². The Bertz CT molecular complexity index is 656. The van der Waals surface area contributed by atoms with Gasteiger partial charge in [0.1, 0.15) is 11.7 Å². The Hall–Kier alpha value is -2.11. The Balaban J connectivity index is 1.62. The van der Waals surface area contributed by atoms with Gasteiger partial charge in [-0.05, 0) is 37.8 Å². The lowest BCUT2D eigenvalue weighted by Crippen LogP contribution is -2.46. The van der Waals surface area contributed by atoms with Crippen molar-refractivity contribution < 1.29 is 14.4 Å². The largest absolute Gasteiger partial charge is 0.340 e. The Labute approximate surface area is 134 Å². The zero-order valence-electron chi connectivity index (χ0n) is 13.0. The maximum atomic E-state index is 13.1. The topological polar surface area (TPSA) is 71.4 Å². The molecule has 1 aromatic rings. The molecule has 6 nitrogen and oxygen atoms in total. The Morgan fingerprint density at radius 2 is 1.91 bits per heavy atom. The summed E-state index contributed by atoms with van der Waals surface area (Å²) in [7, 11) is 0. The van der Waals surface area contributed by atoms with Gasteiger partial charge < -0.3 is 9.47 Å². The molecule has 1 saturated heterocycles. The summed E-state index contributed by atoms with van der Waals surface area (Å²) in [6.45, 7) is 0. The van der Waals surface area contributed by atoms with Crippen LogP contribution in [0.4, 0.5) is 0 Å². The van der Waals surface area contributed by atoms with E-state index in [9.17, 15) is 14.4 Å². The number of hydrogen-bond acceptors (Lipinski definition) is 3. The van der Waals surface area contributed by atoms with Crippen molar-refractivity contribution in [3.63, 3.8) is 0 Å². The highest BCUT2D eigenvalue weighted by Crippen LogP contribution is 2.35. The minimum absolute atomic E-state index is 0.0885. The fourth-order valence-electron chi connectivity index (χ4n) is 3.89. The summed E-state index contributed by atoms with van der Waals surface area (Å²) >= 11 is 0. The van der Waals surface area contributed by atoms with E-state index in [1.165, 1.54) is 12.8 Å². The highest BCUT2D eigenvalue weighted by molar-refractivity contribution is 6.08. The van der Waals surface area contributed by atoms with Crippen molar-refractivity contribution in [3.05, 3.63) is 24.0 Å². The van der Waals surface area contributed by atoms with E-state index in [0.717, 1.165) is 25.7 Å².